The number of aryl methyl sites for hydroxylation is 1. The zero-order valence-corrected chi connectivity index (χ0v) is 16.3. The molecule has 2 rings (SSSR count). The van der Waals surface area contributed by atoms with Crippen molar-refractivity contribution in [1.29, 1.82) is 0 Å². The van der Waals surface area contributed by atoms with Gasteiger partial charge in [-0.25, -0.2) is 4.98 Å². The maximum Gasteiger partial charge on any atom is 0.191 e. The second-order valence-corrected chi connectivity index (χ2v) is 7.15. The van der Waals surface area contributed by atoms with Crippen LogP contribution in [0.4, 0.5) is 0 Å². The fraction of sp³-hybridized carbons (Fsp3) is 0.692. The number of guanidine groups is 1. The summed E-state index contributed by atoms with van der Waals surface area (Å²) in [7, 11) is 1.75. The van der Waals surface area contributed by atoms with E-state index in [4.69, 9.17) is 0 Å². The van der Waals surface area contributed by atoms with Gasteiger partial charge >= 0.3 is 0 Å². The van der Waals surface area contributed by atoms with Gasteiger partial charge in [-0.15, -0.1) is 35.3 Å². The van der Waals surface area contributed by atoms with Gasteiger partial charge in [-0.05, 0) is 19.1 Å². The van der Waals surface area contributed by atoms with E-state index in [2.05, 4.69) is 26.0 Å². The first kappa shape index (κ1) is 19.0. The summed E-state index contributed by atoms with van der Waals surface area (Å²) in [5.41, 5.74) is 0.523. The number of rotatable bonds is 5. The summed E-state index contributed by atoms with van der Waals surface area (Å²) < 4.78 is 0. The van der Waals surface area contributed by atoms with Crippen LogP contribution in [0, 0.1) is 6.92 Å². The Hall–Kier alpha value is -0.0600. The van der Waals surface area contributed by atoms with E-state index in [0.29, 0.717) is 6.54 Å². The minimum atomic E-state index is -0.589. The van der Waals surface area contributed by atoms with Crippen LogP contribution in [0.25, 0.3) is 0 Å². The molecule has 3 N–H and O–H groups in total. The van der Waals surface area contributed by atoms with Crippen molar-refractivity contribution in [2.45, 2.75) is 25.4 Å². The summed E-state index contributed by atoms with van der Waals surface area (Å²) in [5.74, 6) is 2.57. The normalized spacial score (nSPS) is 22.0. The zero-order chi connectivity index (χ0) is 14.4. The zero-order valence-electron chi connectivity index (χ0n) is 12.4. The molecule has 120 valence electrons. The van der Waals surface area contributed by atoms with E-state index in [1.807, 2.05) is 6.92 Å². The third kappa shape index (κ3) is 6.29. The van der Waals surface area contributed by atoms with E-state index in [1.165, 1.54) is 0 Å². The SMILES string of the molecule is CN=C(NCCc1csc(C)n1)NCC1(O)CCSC1.I. The lowest BCUT2D eigenvalue weighted by molar-refractivity contribution is 0.0724. The van der Waals surface area contributed by atoms with Crippen LogP contribution in [0.1, 0.15) is 17.1 Å². The van der Waals surface area contributed by atoms with Crippen LogP contribution in [0.2, 0.25) is 0 Å². The monoisotopic (exact) mass is 442 g/mol. The highest BCUT2D eigenvalue weighted by atomic mass is 127. The molecule has 0 bridgehead atoms. The maximum absolute atomic E-state index is 10.3. The largest absolute Gasteiger partial charge is 0.387 e. The Bertz CT molecular complexity index is 461. The second-order valence-electron chi connectivity index (χ2n) is 4.99. The molecule has 1 fully saturated rings. The number of aliphatic imine (C=N–C) groups is 1. The van der Waals surface area contributed by atoms with Crippen molar-refractivity contribution in [3.63, 3.8) is 0 Å². The Labute approximate surface area is 151 Å². The highest BCUT2D eigenvalue weighted by Crippen LogP contribution is 2.26. The van der Waals surface area contributed by atoms with Gasteiger partial charge in [0, 0.05) is 37.7 Å². The predicted molar refractivity (Wildman–Crippen MR) is 102 cm³/mol. The van der Waals surface area contributed by atoms with Crippen LogP contribution in [0.3, 0.4) is 0 Å². The highest BCUT2D eigenvalue weighted by molar-refractivity contribution is 14.0. The summed E-state index contributed by atoms with van der Waals surface area (Å²) in [5, 5.41) is 19.9. The van der Waals surface area contributed by atoms with E-state index in [9.17, 15) is 5.11 Å². The van der Waals surface area contributed by atoms with Gasteiger partial charge in [0.05, 0.1) is 16.3 Å². The van der Waals surface area contributed by atoms with Crippen molar-refractivity contribution in [2.24, 2.45) is 4.99 Å². The number of nitrogens with one attached hydrogen (secondary N) is 2. The van der Waals surface area contributed by atoms with Gasteiger partial charge in [0.1, 0.15) is 0 Å². The summed E-state index contributed by atoms with van der Waals surface area (Å²) >= 11 is 3.48. The van der Waals surface area contributed by atoms with Gasteiger partial charge in [0.25, 0.3) is 0 Å². The number of thiazole rings is 1. The summed E-state index contributed by atoms with van der Waals surface area (Å²) in [6, 6.07) is 0. The lowest BCUT2D eigenvalue weighted by Crippen LogP contribution is -2.47. The Morgan fingerprint density at radius 2 is 2.33 bits per heavy atom. The predicted octanol–water partition coefficient (Wildman–Crippen LogP) is 1.65. The van der Waals surface area contributed by atoms with Crippen molar-refractivity contribution >= 4 is 53.0 Å². The molecule has 1 aromatic heterocycles. The Morgan fingerprint density at radius 3 is 2.90 bits per heavy atom. The molecular formula is C13H23IN4OS2. The molecule has 1 saturated heterocycles. The molecule has 0 spiro atoms. The number of hydrogen-bond acceptors (Lipinski definition) is 5. The van der Waals surface area contributed by atoms with E-state index < -0.39 is 5.60 Å². The standard InChI is InChI=1S/C13H22N4OS2.HI/c1-10-17-11(7-20-10)3-5-15-12(14-2)16-8-13(18)4-6-19-9-13;/h7,18H,3-6,8-9H2,1-2H3,(H2,14,15,16);1H. The average Bonchev–Trinajstić information content (AvgIpc) is 3.03. The van der Waals surface area contributed by atoms with Crippen molar-refractivity contribution in [1.82, 2.24) is 15.6 Å². The number of nitrogens with zero attached hydrogens (tertiary/aromatic N) is 2. The average molecular weight is 442 g/mol. The quantitative estimate of drug-likeness (QED) is 0.368. The molecule has 1 aliphatic heterocycles. The first-order valence-electron chi connectivity index (χ1n) is 6.77. The molecule has 1 aliphatic rings. The van der Waals surface area contributed by atoms with E-state index >= 15 is 0 Å². The smallest absolute Gasteiger partial charge is 0.191 e. The van der Waals surface area contributed by atoms with Gasteiger partial charge in [0.2, 0.25) is 0 Å². The van der Waals surface area contributed by atoms with Crippen LogP contribution >= 0.6 is 47.1 Å². The van der Waals surface area contributed by atoms with Crippen molar-refractivity contribution in [2.75, 3.05) is 31.6 Å². The first-order valence-corrected chi connectivity index (χ1v) is 8.80. The van der Waals surface area contributed by atoms with Crippen LogP contribution in [-0.4, -0.2) is 53.3 Å². The molecule has 0 radical (unpaired) electrons. The number of thioether (sulfide) groups is 1. The summed E-state index contributed by atoms with van der Waals surface area (Å²) in [6.07, 6.45) is 1.73. The van der Waals surface area contributed by atoms with Crippen molar-refractivity contribution in [3.05, 3.63) is 16.1 Å². The third-order valence-corrected chi connectivity index (χ3v) is 5.29. The maximum atomic E-state index is 10.3. The molecule has 8 heteroatoms. The van der Waals surface area contributed by atoms with E-state index in [1.54, 1.807) is 30.1 Å². The molecule has 2 heterocycles. The lowest BCUT2D eigenvalue weighted by Gasteiger charge is -2.23. The molecule has 21 heavy (non-hydrogen) atoms. The van der Waals surface area contributed by atoms with Gasteiger partial charge in [-0.1, -0.05) is 0 Å². The van der Waals surface area contributed by atoms with Gasteiger partial charge in [-0.3, -0.25) is 4.99 Å². The van der Waals surface area contributed by atoms with Crippen molar-refractivity contribution < 1.29 is 5.11 Å². The molecule has 0 aliphatic carbocycles. The van der Waals surface area contributed by atoms with Crippen molar-refractivity contribution in [3.8, 4) is 0 Å². The number of aromatic nitrogens is 1. The second kappa shape index (κ2) is 9.16. The van der Waals surface area contributed by atoms with Crippen LogP contribution in [-0.2, 0) is 6.42 Å². The lowest BCUT2D eigenvalue weighted by atomic mass is 10.0. The van der Waals surface area contributed by atoms with E-state index in [0.717, 1.165) is 47.6 Å². The molecule has 0 saturated carbocycles. The fourth-order valence-electron chi connectivity index (χ4n) is 2.04. The van der Waals surface area contributed by atoms with Gasteiger partial charge < -0.3 is 15.7 Å². The highest BCUT2D eigenvalue weighted by Gasteiger charge is 2.31. The van der Waals surface area contributed by atoms with Crippen LogP contribution in [0.15, 0.2) is 10.4 Å². The Kier molecular flexibility index (Phi) is 8.28. The number of hydrogen-bond donors (Lipinski definition) is 3. The molecule has 1 unspecified atom stereocenters. The molecular weight excluding hydrogens is 419 g/mol. The summed E-state index contributed by atoms with van der Waals surface area (Å²) in [4.78, 5) is 8.60. The molecule has 0 aromatic carbocycles. The fourth-order valence-corrected chi connectivity index (χ4v) is 3.98. The van der Waals surface area contributed by atoms with Gasteiger partial charge in [0.15, 0.2) is 5.96 Å². The van der Waals surface area contributed by atoms with Crippen LogP contribution in [0.5, 0.6) is 0 Å². The molecule has 0 amide bonds. The molecule has 5 nitrogen and oxygen atoms in total. The molecule has 1 aromatic rings. The summed E-state index contributed by atoms with van der Waals surface area (Å²) in [6.45, 7) is 3.36. The van der Waals surface area contributed by atoms with Gasteiger partial charge in [-0.2, -0.15) is 11.8 Å². The van der Waals surface area contributed by atoms with Crippen LogP contribution < -0.4 is 10.6 Å². The topological polar surface area (TPSA) is 69.5 Å². The third-order valence-electron chi connectivity index (χ3n) is 3.23. The van der Waals surface area contributed by atoms with E-state index in [-0.39, 0.29) is 24.0 Å². The molecule has 1 atom stereocenters. The minimum Gasteiger partial charge on any atom is -0.387 e. The number of halogens is 1. The minimum absolute atomic E-state index is 0. The Balaban J connectivity index is 0.00000220. The Morgan fingerprint density at radius 1 is 1.52 bits per heavy atom. The first-order chi connectivity index (χ1) is 9.61. The number of aliphatic hydroxyl groups is 1.